The lowest BCUT2D eigenvalue weighted by molar-refractivity contribution is -0.134. The number of Topliss-reactive ketones (excluding diaryl/α,β-unsaturated/α-hetero) is 1. The van der Waals surface area contributed by atoms with Crippen LogP contribution in [0, 0.1) is 46.8 Å². The molecule has 0 saturated heterocycles. The van der Waals surface area contributed by atoms with Crippen LogP contribution in [-0.4, -0.2) is 23.3 Å². The van der Waals surface area contributed by atoms with Crippen molar-refractivity contribution in [2.24, 2.45) is 34.5 Å². The summed E-state index contributed by atoms with van der Waals surface area (Å²) in [5, 5.41) is 9.48. The molecular weight excluding hydrogens is 324 g/mol. The molecule has 4 rings (SSSR count). The minimum atomic E-state index is -0.357. The van der Waals surface area contributed by atoms with Crippen molar-refractivity contribution < 1.29 is 14.7 Å². The number of rotatable bonds is 3. The third kappa shape index (κ3) is 2.38. The van der Waals surface area contributed by atoms with Gasteiger partial charge < -0.3 is 5.11 Å². The maximum atomic E-state index is 12.5. The van der Waals surface area contributed by atoms with Crippen LogP contribution in [-0.2, 0) is 9.59 Å². The van der Waals surface area contributed by atoms with Crippen molar-refractivity contribution >= 4 is 11.6 Å². The van der Waals surface area contributed by atoms with E-state index in [0.29, 0.717) is 36.4 Å². The van der Waals surface area contributed by atoms with Gasteiger partial charge in [-0.2, -0.15) is 0 Å². The van der Waals surface area contributed by atoms with E-state index in [1.165, 1.54) is 5.57 Å². The molecule has 0 heterocycles. The largest absolute Gasteiger partial charge is 0.389 e. The zero-order valence-corrected chi connectivity index (χ0v) is 15.8. The van der Waals surface area contributed by atoms with Gasteiger partial charge in [0.2, 0.25) is 0 Å². The highest BCUT2D eigenvalue weighted by Crippen LogP contribution is 2.67. The van der Waals surface area contributed by atoms with Gasteiger partial charge in [-0.25, -0.2) is 0 Å². The number of ketones is 2. The molecule has 3 fully saturated rings. The fourth-order valence-corrected chi connectivity index (χ4v) is 7.49. The van der Waals surface area contributed by atoms with Gasteiger partial charge in [0.25, 0.3) is 0 Å². The monoisotopic (exact) mass is 354 g/mol. The number of aliphatic hydroxyl groups is 1. The van der Waals surface area contributed by atoms with E-state index < -0.39 is 0 Å². The van der Waals surface area contributed by atoms with E-state index in [4.69, 9.17) is 6.42 Å². The maximum Gasteiger partial charge on any atom is 0.161 e. The van der Waals surface area contributed by atoms with Crippen molar-refractivity contribution in [1.82, 2.24) is 0 Å². The Kier molecular flexibility index (Phi) is 4.39. The smallest absolute Gasteiger partial charge is 0.161 e. The number of fused-ring (bicyclic) bond motifs is 5. The van der Waals surface area contributed by atoms with Gasteiger partial charge in [0, 0.05) is 18.8 Å². The second kappa shape index (κ2) is 6.34. The van der Waals surface area contributed by atoms with Crippen molar-refractivity contribution in [2.75, 3.05) is 6.61 Å². The molecule has 0 aromatic heterocycles. The lowest BCUT2D eigenvalue weighted by Gasteiger charge is -2.58. The number of hydrogen-bond donors (Lipinski definition) is 1. The molecule has 0 aliphatic heterocycles. The molecule has 0 aromatic rings. The zero-order valence-electron chi connectivity index (χ0n) is 15.8. The third-order valence-corrected chi connectivity index (χ3v) is 8.65. The summed E-state index contributed by atoms with van der Waals surface area (Å²) < 4.78 is 0. The molecule has 0 aromatic carbocycles. The van der Waals surface area contributed by atoms with Gasteiger partial charge in [-0.3, -0.25) is 9.59 Å². The van der Waals surface area contributed by atoms with E-state index in [2.05, 4.69) is 12.8 Å². The molecule has 0 spiro atoms. The Labute approximate surface area is 156 Å². The van der Waals surface area contributed by atoms with Crippen LogP contribution in [0.3, 0.4) is 0 Å². The lowest BCUT2D eigenvalue weighted by atomic mass is 9.46. The van der Waals surface area contributed by atoms with E-state index in [0.717, 1.165) is 44.9 Å². The zero-order chi connectivity index (χ0) is 18.5. The quantitative estimate of drug-likeness (QED) is 0.786. The van der Waals surface area contributed by atoms with E-state index >= 15 is 0 Å². The number of aliphatic hydroxyl groups excluding tert-OH is 1. The Morgan fingerprint density at radius 3 is 2.77 bits per heavy atom. The van der Waals surface area contributed by atoms with Gasteiger partial charge in [0.1, 0.15) is 6.61 Å². The van der Waals surface area contributed by atoms with Crippen LogP contribution in [0.5, 0.6) is 0 Å². The van der Waals surface area contributed by atoms with E-state index in [-0.39, 0.29) is 29.1 Å². The summed E-state index contributed by atoms with van der Waals surface area (Å²) in [5.74, 6) is 4.81. The van der Waals surface area contributed by atoms with Crippen LogP contribution in [0.25, 0.3) is 0 Å². The summed E-state index contributed by atoms with van der Waals surface area (Å²) >= 11 is 0. The molecule has 3 nitrogen and oxygen atoms in total. The SMILES string of the molecule is C#CCC12CCC3C(CCC4=CC(=O)CCC43C)C1CCC2C(=O)CO. The first-order valence-electron chi connectivity index (χ1n) is 10.3. The molecule has 1 N–H and O–H groups in total. The Balaban J connectivity index is 1.69. The van der Waals surface area contributed by atoms with Crippen LogP contribution in [0.15, 0.2) is 11.6 Å². The van der Waals surface area contributed by atoms with Crippen LogP contribution in [0.2, 0.25) is 0 Å². The average Bonchev–Trinajstić information content (AvgIpc) is 3.01. The first-order chi connectivity index (χ1) is 12.5. The Bertz CT molecular complexity index is 699. The predicted molar refractivity (Wildman–Crippen MR) is 100 cm³/mol. The van der Waals surface area contributed by atoms with E-state index in [9.17, 15) is 14.7 Å². The number of hydrogen-bond acceptors (Lipinski definition) is 3. The maximum absolute atomic E-state index is 12.5. The van der Waals surface area contributed by atoms with Gasteiger partial charge in [-0.15, -0.1) is 12.3 Å². The van der Waals surface area contributed by atoms with Crippen molar-refractivity contribution in [3.63, 3.8) is 0 Å². The van der Waals surface area contributed by atoms with Crippen LogP contribution < -0.4 is 0 Å². The molecule has 0 bridgehead atoms. The number of terminal acetylenes is 1. The normalized spacial score (nSPS) is 44.3. The van der Waals surface area contributed by atoms with Crippen molar-refractivity contribution in [1.29, 1.82) is 0 Å². The topological polar surface area (TPSA) is 54.4 Å². The van der Waals surface area contributed by atoms with Crippen molar-refractivity contribution in [3.05, 3.63) is 11.6 Å². The summed E-state index contributed by atoms with van der Waals surface area (Å²) in [4.78, 5) is 24.4. The van der Waals surface area contributed by atoms with Gasteiger partial charge in [-0.1, -0.05) is 12.5 Å². The highest BCUT2D eigenvalue weighted by Gasteiger charge is 2.61. The van der Waals surface area contributed by atoms with Crippen molar-refractivity contribution in [3.8, 4) is 12.3 Å². The van der Waals surface area contributed by atoms with Crippen LogP contribution in [0.1, 0.15) is 64.7 Å². The molecule has 4 aliphatic rings. The summed E-state index contributed by atoms with van der Waals surface area (Å²) in [6, 6.07) is 0. The first-order valence-corrected chi connectivity index (χ1v) is 10.3. The van der Waals surface area contributed by atoms with E-state index in [1.807, 2.05) is 6.08 Å². The van der Waals surface area contributed by atoms with Gasteiger partial charge >= 0.3 is 0 Å². The molecule has 0 amide bonds. The molecular formula is C23H30O3. The third-order valence-electron chi connectivity index (χ3n) is 8.65. The Hall–Kier alpha value is -1.40. The lowest BCUT2D eigenvalue weighted by Crippen LogP contribution is -2.52. The first kappa shape index (κ1) is 18.0. The Morgan fingerprint density at radius 1 is 1.23 bits per heavy atom. The molecule has 26 heavy (non-hydrogen) atoms. The summed E-state index contributed by atoms with van der Waals surface area (Å²) in [7, 11) is 0. The number of allylic oxidation sites excluding steroid dienone is 1. The second-order valence-electron chi connectivity index (χ2n) is 9.38. The van der Waals surface area contributed by atoms with Crippen molar-refractivity contribution in [2.45, 2.75) is 64.7 Å². The van der Waals surface area contributed by atoms with E-state index in [1.54, 1.807) is 0 Å². The van der Waals surface area contributed by atoms with Gasteiger partial charge in [0.15, 0.2) is 11.6 Å². The fraction of sp³-hybridized carbons (Fsp3) is 0.739. The van der Waals surface area contributed by atoms with Gasteiger partial charge in [-0.05, 0) is 79.6 Å². The fourth-order valence-electron chi connectivity index (χ4n) is 7.49. The molecule has 4 aliphatic carbocycles. The molecule has 0 radical (unpaired) electrons. The Morgan fingerprint density at radius 2 is 2.04 bits per heavy atom. The molecule has 6 unspecified atom stereocenters. The number of carbonyl (C=O) groups excluding carboxylic acids is 2. The van der Waals surface area contributed by atoms with Gasteiger partial charge in [0.05, 0.1) is 0 Å². The molecule has 3 heteroatoms. The predicted octanol–water partition coefficient (Wildman–Crippen LogP) is 3.70. The minimum Gasteiger partial charge on any atom is -0.389 e. The van der Waals surface area contributed by atoms with Crippen LogP contribution in [0.4, 0.5) is 0 Å². The molecule has 6 atom stereocenters. The number of carbonyl (C=O) groups is 2. The minimum absolute atomic E-state index is 0.00734. The summed E-state index contributed by atoms with van der Waals surface area (Å²) in [6.07, 6.45) is 16.2. The summed E-state index contributed by atoms with van der Waals surface area (Å²) in [5.41, 5.74) is 1.43. The highest BCUT2D eigenvalue weighted by atomic mass is 16.3. The average molecular weight is 354 g/mol. The standard InChI is InChI=1S/C23H30O3/c1-3-10-23-12-9-18-17(19(23)6-7-20(23)21(26)14-24)5-4-15-13-16(25)8-11-22(15,18)2/h1,13,17-20,24H,4-12,14H2,2H3. The second-order valence-corrected chi connectivity index (χ2v) is 9.38. The highest BCUT2D eigenvalue weighted by molar-refractivity contribution is 5.91. The molecule has 3 saturated carbocycles. The molecule has 140 valence electrons. The summed E-state index contributed by atoms with van der Waals surface area (Å²) in [6.45, 7) is 2.02. The van der Waals surface area contributed by atoms with Crippen LogP contribution >= 0.6 is 0 Å².